The van der Waals surface area contributed by atoms with Gasteiger partial charge < -0.3 is 4.74 Å². The first-order chi connectivity index (χ1) is 16.7. The molecule has 0 radical (unpaired) electrons. The van der Waals surface area contributed by atoms with Gasteiger partial charge in [0.2, 0.25) is 5.82 Å². The zero-order valence-corrected chi connectivity index (χ0v) is 19.8. The summed E-state index contributed by atoms with van der Waals surface area (Å²) in [7, 11) is 1.66. The Bertz CT molecular complexity index is 1380. The van der Waals surface area contributed by atoms with Gasteiger partial charge in [0.1, 0.15) is 10.8 Å². The maximum absolute atomic E-state index is 5.23. The number of para-hydroxylation sites is 1. The highest BCUT2D eigenvalue weighted by molar-refractivity contribution is 7.98. The van der Waals surface area contributed by atoms with Crippen LogP contribution in [0.2, 0.25) is 0 Å². The van der Waals surface area contributed by atoms with Gasteiger partial charge in [-0.25, -0.2) is 4.68 Å². The fraction of sp³-hybridized carbons (Fsp3) is 0.154. The summed E-state index contributed by atoms with van der Waals surface area (Å²) in [6, 6.07) is 26.5. The SMILES string of the molecule is COc1ccc(Cn2nnc(-c3cnn(-c4ccccc4C)c3SCc3ccccc3)n2)cc1. The molecule has 5 rings (SSSR count). The molecule has 0 atom stereocenters. The van der Waals surface area contributed by atoms with E-state index >= 15 is 0 Å². The second-order valence-electron chi connectivity index (χ2n) is 7.83. The number of hydrogen-bond acceptors (Lipinski definition) is 6. The summed E-state index contributed by atoms with van der Waals surface area (Å²) in [6.45, 7) is 2.61. The first-order valence-corrected chi connectivity index (χ1v) is 11.9. The van der Waals surface area contributed by atoms with Gasteiger partial charge >= 0.3 is 0 Å². The third-order valence-corrected chi connectivity index (χ3v) is 6.61. The number of thioether (sulfide) groups is 1. The Morgan fingerprint density at radius 3 is 2.41 bits per heavy atom. The molecule has 0 fully saturated rings. The molecule has 0 spiro atoms. The summed E-state index contributed by atoms with van der Waals surface area (Å²) in [5.74, 6) is 2.19. The van der Waals surface area contributed by atoms with Crippen molar-refractivity contribution in [2.24, 2.45) is 0 Å². The second kappa shape index (κ2) is 9.93. The number of methoxy groups -OCH3 is 1. The van der Waals surface area contributed by atoms with Crippen LogP contribution in [0.3, 0.4) is 0 Å². The number of nitrogens with zero attached hydrogens (tertiary/aromatic N) is 6. The zero-order chi connectivity index (χ0) is 23.3. The van der Waals surface area contributed by atoms with Crippen LogP contribution in [0.1, 0.15) is 16.7 Å². The first-order valence-electron chi connectivity index (χ1n) is 10.9. The van der Waals surface area contributed by atoms with Crippen LogP contribution >= 0.6 is 11.8 Å². The molecule has 0 aliphatic heterocycles. The summed E-state index contributed by atoms with van der Waals surface area (Å²) in [6.07, 6.45) is 1.83. The fourth-order valence-electron chi connectivity index (χ4n) is 3.64. The summed E-state index contributed by atoms with van der Waals surface area (Å²) >= 11 is 1.72. The highest BCUT2D eigenvalue weighted by Crippen LogP contribution is 2.34. The van der Waals surface area contributed by atoms with Gasteiger partial charge in [0.25, 0.3) is 0 Å². The third kappa shape index (κ3) is 4.72. The number of tetrazole rings is 1. The van der Waals surface area contributed by atoms with Crippen LogP contribution in [-0.2, 0) is 12.3 Å². The first kappa shape index (κ1) is 21.9. The van der Waals surface area contributed by atoms with Crippen molar-refractivity contribution in [3.8, 4) is 22.8 Å². The molecule has 2 heterocycles. The number of benzene rings is 3. The van der Waals surface area contributed by atoms with Crippen molar-refractivity contribution in [2.75, 3.05) is 7.11 Å². The van der Waals surface area contributed by atoms with Gasteiger partial charge in [-0.15, -0.1) is 22.0 Å². The number of hydrogen-bond donors (Lipinski definition) is 0. The Morgan fingerprint density at radius 1 is 0.882 bits per heavy atom. The van der Waals surface area contributed by atoms with Gasteiger partial charge in [-0.3, -0.25) is 0 Å². The lowest BCUT2D eigenvalue weighted by Gasteiger charge is -2.11. The molecule has 7 nitrogen and oxygen atoms in total. The fourth-order valence-corrected chi connectivity index (χ4v) is 4.70. The largest absolute Gasteiger partial charge is 0.497 e. The van der Waals surface area contributed by atoms with E-state index in [1.165, 1.54) is 5.56 Å². The van der Waals surface area contributed by atoms with E-state index in [0.29, 0.717) is 12.4 Å². The van der Waals surface area contributed by atoms with Crippen LogP contribution in [0.5, 0.6) is 5.75 Å². The van der Waals surface area contributed by atoms with Crippen LogP contribution < -0.4 is 4.74 Å². The van der Waals surface area contributed by atoms with Crippen molar-refractivity contribution in [3.63, 3.8) is 0 Å². The average molecular weight is 469 g/mol. The quantitative estimate of drug-likeness (QED) is 0.292. The molecule has 0 saturated heterocycles. The molecule has 0 unspecified atom stereocenters. The predicted octanol–water partition coefficient (Wildman–Crippen LogP) is 5.18. The average Bonchev–Trinajstić information content (AvgIpc) is 3.51. The third-order valence-electron chi connectivity index (χ3n) is 5.46. The van der Waals surface area contributed by atoms with Crippen molar-refractivity contribution in [3.05, 3.63) is 102 Å². The zero-order valence-electron chi connectivity index (χ0n) is 19.0. The van der Waals surface area contributed by atoms with E-state index in [-0.39, 0.29) is 0 Å². The lowest BCUT2D eigenvalue weighted by Crippen LogP contribution is -2.04. The Balaban J connectivity index is 1.46. The van der Waals surface area contributed by atoms with Gasteiger partial charge in [-0.1, -0.05) is 60.7 Å². The summed E-state index contributed by atoms with van der Waals surface area (Å²) < 4.78 is 7.21. The molecule has 8 heteroatoms. The molecule has 5 aromatic rings. The molecule has 3 aromatic carbocycles. The minimum atomic E-state index is 0.523. The van der Waals surface area contributed by atoms with Gasteiger partial charge in [-0.2, -0.15) is 9.90 Å². The normalized spacial score (nSPS) is 11.0. The van der Waals surface area contributed by atoms with Crippen LogP contribution in [0.15, 0.2) is 90.1 Å². The van der Waals surface area contributed by atoms with Gasteiger partial charge in [0.15, 0.2) is 0 Å². The van der Waals surface area contributed by atoms with Gasteiger partial charge in [-0.05, 0) is 47.0 Å². The van der Waals surface area contributed by atoms with E-state index in [1.807, 2.05) is 53.3 Å². The molecule has 2 aromatic heterocycles. The molecule has 0 aliphatic carbocycles. The topological polar surface area (TPSA) is 70.7 Å². The van der Waals surface area contributed by atoms with E-state index in [2.05, 4.69) is 58.7 Å². The molecule has 0 N–H and O–H groups in total. The van der Waals surface area contributed by atoms with E-state index < -0.39 is 0 Å². The monoisotopic (exact) mass is 468 g/mol. The number of ether oxygens (including phenoxy) is 1. The lowest BCUT2D eigenvalue weighted by molar-refractivity contribution is 0.414. The van der Waals surface area contributed by atoms with Gasteiger partial charge in [0, 0.05) is 5.75 Å². The van der Waals surface area contributed by atoms with Crippen molar-refractivity contribution in [1.29, 1.82) is 0 Å². The highest BCUT2D eigenvalue weighted by atomic mass is 32.2. The number of aromatic nitrogens is 6. The summed E-state index contributed by atoms with van der Waals surface area (Å²) in [5.41, 5.74) is 5.36. The van der Waals surface area contributed by atoms with Crippen LogP contribution in [0.4, 0.5) is 0 Å². The van der Waals surface area contributed by atoms with Crippen LogP contribution in [0.25, 0.3) is 17.1 Å². The summed E-state index contributed by atoms with van der Waals surface area (Å²) in [5, 5.41) is 19.0. The Kier molecular flexibility index (Phi) is 6.40. The smallest absolute Gasteiger partial charge is 0.209 e. The maximum Gasteiger partial charge on any atom is 0.209 e. The van der Waals surface area contributed by atoms with Gasteiger partial charge in [0.05, 0.1) is 31.1 Å². The Morgan fingerprint density at radius 2 is 1.65 bits per heavy atom. The highest BCUT2D eigenvalue weighted by Gasteiger charge is 2.19. The number of rotatable bonds is 8. The minimum absolute atomic E-state index is 0.523. The van der Waals surface area contributed by atoms with Crippen molar-refractivity contribution in [2.45, 2.75) is 24.2 Å². The second-order valence-corrected chi connectivity index (χ2v) is 8.79. The molecule has 0 saturated carbocycles. The number of aryl methyl sites for hydroxylation is 1. The molecule has 170 valence electrons. The predicted molar refractivity (Wildman–Crippen MR) is 133 cm³/mol. The van der Waals surface area contributed by atoms with E-state index in [1.54, 1.807) is 23.7 Å². The van der Waals surface area contributed by atoms with Crippen molar-refractivity contribution >= 4 is 11.8 Å². The van der Waals surface area contributed by atoms with Crippen LogP contribution in [-0.4, -0.2) is 37.1 Å². The molecule has 34 heavy (non-hydrogen) atoms. The van der Waals surface area contributed by atoms with E-state index in [4.69, 9.17) is 9.84 Å². The lowest BCUT2D eigenvalue weighted by atomic mass is 10.2. The van der Waals surface area contributed by atoms with Crippen LogP contribution in [0, 0.1) is 6.92 Å². The minimum Gasteiger partial charge on any atom is -0.497 e. The molecule has 0 bridgehead atoms. The van der Waals surface area contributed by atoms with E-state index in [9.17, 15) is 0 Å². The maximum atomic E-state index is 5.23. The molecular weight excluding hydrogens is 444 g/mol. The van der Waals surface area contributed by atoms with Crippen molar-refractivity contribution < 1.29 is 4.74 Å². The van der Waals surface area contributed by atoms with E-state index in [0.717, 1.165) is 38.9 Å². The Hall–Kier alpha value is -3.91. The molecule has 0 aliphatic rings. The molecule has 0 amide bonds. The standard InChI is InChI=1S/C26H24N6OS/c1-19-8-6-7-11-24(19)32-26(34-18-21-9-4-3-5-10-21)23(16-27-32)25-28-30-31(29-25)17-20-12-14-22(33-2)15-13-20/h3-16H,17-18H2,1-2H3. The Labute approximate surface area is 202 Å². The molecular formula is C26H24N6OS. The summed E-state index contributed by atoms with van der Waals surface area (Å²) in [4.78, 5) is 1.61. The van der Waals surface area contributed by atoms with Crippen molar-refractivity contribution in [1.82, 2.24) is 30.0 Å².